The van der Waals surface area contributed by atoms with Crippen molar-refractivity contribution in [1.29, 1.82) is 0 Å². The van der Waals surface area contributed by atoms with E-state index in [0.717, 1.165) is 18.8 Å². The summed E-state index contributed by atoms with van der Waals surface area (Å²) in [5.41, 5.74) is 1.52. The molecule has 1 aromatic carbocycles. The first-order valence-corrected chi connectivity index (χ1v) is 8.75. The zero-order valence-corrected chi connectivity index (χ0v) is 14.5. The van der Waals surface area contributed by atoms with Crippen molar-refractivity contribution in [3.63, 3.8) is 0 Å². The van der Waals surface area contributed by atoms with Crippen molar-refractivity contribution in [1.82, 2.24) is 20.5 Å². The van der Waals surface area contributed by atoms with Crippen LogP contribution in [0.3, 0.4) is 0 Å². The van der Waals surface area contributed by atoms with Crippen molar-refractivity contribution in [3.05, 3.63) is 72.3 Å². The summed E-state index contributed by atoms with van der Waals surface area (Å²) in [6.45, 7) is 1.43. The van der Waals surface area contributed by atoms with Gasteiger partial charge in [0.05, 0.1) is 5.69 Å². The molecule has 2 aromatic heterocycles. The molecule has 136 valence electrons. The topological polar surface area (TPSA) is 71.0 Å². The van der Waals surface area contributed by atoms with Gasteiger partial charge in [0.2, 0.25) is 0 Å². The van der Waals surface area contributed by atoms with E-state index >= 15 is 0 Å². The van der Waals surface area contributed by atoms with Gasteiger partial charge in [0.1, 0.15) is 5.82 Å². The van der Waals surface area contributed by atoms with Crippen molar-refractivity contribution >= 4 is 11.7 Å². The number of amides is 1. The first kappa shape index (κ1) is 17.1. The standard InChI is InChI=1S/C20H18FN5O/c21-17-4-2-1-3-16(17)18-5-6-19(25-24-18)26-12-9-15(13-26)23-20(27)14-7-10-22-11-8-14/h1-8,10-11,15H,9,12-13H2,(H,23,27). The predicted molar refractivity (Wildman–Crippen MR) is 99.7 cm³/mol. The highest BCUT2D eigenvalue weighted by Gasteiger charge is 2.25. The summed E-state index contributed by atoms with van der Waals surface area (Å²) in [6, 6.07) is 13.5. The number of rotatable bonds is 4. The third-order valence-corrected chi connectivity index (χ3v) is 4.59. The normalized spacial score (nSPS) is 16.3. The summed E-state index contributed by atoms with van der Waals surface area (Å²) in [4.78, 5) is 18.2. The van der Waals surface area contributed by atoms with Crippen LogP contribution in [0.25, 0.3) is 11.3 Å². The van der Waals surface area contributed by atoms with Gasteiger partial charge >= 0.3 is 0 Å². The first-order chi connectivity index (χ1) is 13.2. The van der Waals surface area contributed by atoms with Gasteiger partial charge in [-0.1, -0.05) is 12.1 Å². The molecule has 1 atom stereocenters. The molecule has 0 aliphatic carbocycles. The summed E-state index contributed by atoms with van der Waals surface area (Å²) < 4.78 is 13.9. The molecule has 0 spiro atoms. The fourth-order valence-electron chi connectivity index (χ4n) is 3.16. The molecular formula is C20H18FN5O. The van der Waals surface area contributed by atoms with E-state index < -0.39 is 0 Å². The van der Waals surface area contributed by atoms with E-state index in [1.165, 1.54) is 6.07 Å². The minimum absolute atomic E-state index is 0.0405. The number of carbonyl (C=O) groups excluding carboxylic acids is 1. The zero-order chi connectivity index (χ0) is 18.6. The average Bonchev–Trinajstić information content (AvgIpc) is 3.18. The van der Waals surface area contributed by atoms with E-state index in [9.17, 15) is 9.18 Å². The monoisotopic (exact) mass is 363 g/mol. The Morgan fingerprint density at radius 1 is 1.07 bits per heavy atom. The number of nitrogens with zero attached hydrogens (tertiary/aromatic N) is 4. The van der Waals surface area contributed by atoms with Crippen LogP contribution in [-0.2, 0) is 0 Å². The lowest BCUT2D eigenvalue weighted by atomic mass is 10.1. The number of benzene rings is 1. The molecule has 7 heteroatoms. The van der Waals surface area contributed by atoms with Crippen LogP contribution in [-0.4, -0.2) is 40.2 Å². The summed E-state index contributed by atoms with van der Waals surface area (Å²) in [6.07, 6.45) is 4.03. The highest BCUT2D eigenvalue weighted by Crippen LogP contribution is 2.23. The van der Waals surface area contributed by atoms with Crippen LogP contribution in [0.15, 0.2) is 60.9 Å². The molecule has 1 saturated heterocycles. The number of aromatic nitrogens is 3. The number of hydrogen-bond acceptors (Lipinski definition) is 5. The number of nitrogens with one attached hydrogen (secondary N) is 1. The first-order valence-electron chi connectivity index (χ1n) is 8.75. The zero-order valence-electron chi connectivity index (χ0n) is 14.5. The summed E-state index contributed by atoms with van der Waals surface area (Å²) in [5.74, 6) is 0.292. The Bertz CT molecular complexity index is 933. The molecule has 1 aliphatic heterocycles. The van der Waals surface area contributed by atoms with Gasteiger partial charge in [0.15, 0.2) is 5.82 Å². The van der Waals surface area contributed by atoms with Gasteiger partial charge in [-0.15, -0.1) is 10.2 Å². The van der Waals surface area contributed by atoms with Gasteiger partial charge in [-0.05, 0) is 42.8 Å². The molecule has 3 aromatic rings. The van der Waals surface area contributed by atoms with Gasteiger partial charge in [0, 0.05) is 42.7 Å². The molecule has 1 unspecified atom stereocenters. The maximum Gasteiger partial charge on any atom is 0.251 e. The Morgan fingerprint density at radius 3 is 2.63 bits per heavy atom. The second-order valence-corrected chi connectivity index (χ2v) is 6.40. The Kier molecular flexibility index (Phi) is 4.74. The van der Waals surface area contributed by atoms with E-state index in [4.69, 9.17) is 0 Å². The van der Waals surface area contributed by atoms with Crippen LogP contribution in [0.1, 0.15) is 16.8 Å². The highest BCUT2D eigenvalue weighted by molar-refractivity contribution is 5.94. The molecule has 3 heterocycles. The fraction of sp³-hybridized carbons (Fsp3) is 0.200. The lowest BCUT2D eigenvalue weighted by molar-refractivity contribution is 0.0940. The number of pyridine rings is 1. The van der Waals surface area contributed by atoms with E-state index in [-0.39, 0.29) is 17.8 Å². The summed E-state index contributed by atoms with van der Waals surface area (Å²) >= 11 is 0. The van der Waals surface area contributed by atoms with Crippen LogP contribution in [0.4, 0.5) is 10.2 Å². The van der Waals surface area contributed by atoms with Gasteiger partial charge in [-0.3, -0.25) is 9.78 Å². The minimum Gasteiger partial charge on any atom is -0.353 e. The Balaban J connectivity index is 1.40. The predicted octanol–water partition coefficient (Wildman–Crippen LogP) is 2.69. The van der Waals surface area contributed by atoms with E-state index in [1.807, 2.05) is 6.07 Å². The molecule has 1 aliphatic rings. The quantitative estimate of drug-likeness (QED) is 0.772. The van der Waals surface area contributed by atoms with Crippen molar-refractivity contribution < 1.29 is 9.18 Å². The van der Waals surface area contributed by atoms with Crippen LogP contribution in [0, 0.1) is 5.82 Å². The van der Waals surface area contributed by atoms with Crippen molar-refractivity contribution in [2.24, 2.45) is 0 Å². The molecular weight excluding hydrogens is 345 g/mol. The molecule has 0 radical (unpaired) electrons. The van der Waals surface area contributed by atoms with Crippen molar-refractivity contribution in [3.8, 4) is 11.3 Å². The Morgan fingerprint density at radius 2 is 1.89 bits per heavy atom. The third kappa shape index (κ3) is 3.76. The fourth-order valence-corrected chi connectivity index (χ4v) is 3.16. The molecule has 1 N–H and O–H groups in total. The molecule has 6 nitrogen and oxygen atoms in total. The second kappa shape index (κ2) is 7.49. The van der Waals surface area contributed by atoms with Gasteiger partial charge < -0.3 is 10.2 Å². The smallest absolute Gasteiger partial charge is 0.251 e. The second-order valence-electron chi connectivity index (χ2n) is 6.40. The molecule has 4 rings (SSSR count). The average molecular weight is 363 g/mol. The van der Waals surface area contributed by atoms with Gasteiger partial charge in [-0.25, -0.2) is 4.39 Å². The number of hydrogen-bond donors (Lipinski definition) is 1. The molecule has 0 saturated carbocycles. The van der Waals surface area contributed by atoms with E-state index in [2.05, 4.69) is 25.4 Å². The maximum atomic E-state index is 13.9. The third-order valence-electron chi connectivity index (χ3n) is 4.59. The van der Waals surface area contributed by atoms with Crippen molar-refractivity contribution in [2.45, 2.75) is 12.5 Å². The maximum absolute atomic E-state index is 13.9. The minimum atomic E-state index is -0.320. The highest BCUT2D eigenvalue weighted by atomic mass is 19.1. The number of halogens is 1. The molecule has 27 heavy (non-hydrogen) atoms. The molecule has 1 fully saturated rings. The summed E-state index contributed by atoms with van der Waals surface area (Å²) in [7, 11) is 0. The number of carbonyl (C=O) groups is 1. The van der Waals surface area contributed by atoms with Crippen LogP contribution < -0.4 is 10.2 Å². The SMILES string of the molecule is O=C(NC1CCN(c2ccc(-c3ccccc3F)nn2)C1)c1ccncc1. The lowest BCUT2D eigenvalue weighted by Crippen LogP contribution is -2.37. The largest absolute Gasteiger partial charge is 0.353 e. The summed E-state index contributed by atoms with van der Waals surface area (Å²) in [5, 5.41) is 11.4. The van der Waals surface area contributed by atoms with Gasteiger partial charge in [-0.2, -0.15) is 0 Å². The van der Waals surface area contributed by atoms with E-state index in [1.54, 1.807) is 48.8 Å². The van der Waals surface area contributed by atoms with E-state index in [0.29, 0.717) is 23.4 Å². The molecule has 0 bridgehead atoms. The lowest BCUT2D eigenvalue weighted by Gasteiger charge is -2.17. The van der Waals surface area contributed by atoms with Crippen molar-refractivity contribution in [2.75, 3.05) is 18.0 Å². The Hall–Kier alpha value is -3.35. The Labute approximate surface area is 156 Å². The van der Waals surface area contributed by atoms with Crippen LogP contribution in [0.5, 0.6) is 0 Å². The molecule has 1 amide bonds. The van der Waals surface area contributed by atoms with Gasteiger partial charge in [0.25, 0.3) is 5.91 Å². The van der Waals surface area contributed by atoms with Crippen LogP contribution in [0.2, 0.25) is 0 Å². The number of anilines is 1. The van der Waals surface area contributed by atoms with Crippen LogP contribution >= 0.6 is 0 Å².